The number of carbonyl (C=O) groups excluding carboxylic acids is 3. The number of aromatic nitrogens is 2. The maximum Gasteiger partial charge on any atom is 0.326 e. The van der Waals surface area contributed by atoms with Crippen LogP contribution in [-0.4, -0.2) is 91.5 Å². The molecule has 0 spiro atoms. The van der Waals surface area contributed by atoms with Crippen molar-refractivity contribution >= 4 is 42.3 Å². The number of carbonyl (C=O) groups is 5. The molecule has 0 bridgehead atoms. The van der Waals surface area contributed by atoms with Crippen LogP contribution in [0.25, 0.3) is 0 Å². The van der Waals surface area contributed by atoms with Gasteiger partial charge in [0.1, 0.15) is 24.2 Å². The number of imidazole rings is 1. The Hall–Kier alpha value is -3.17. The highest BCUT2D eigenvalue weighted by atomic mass is 32.1. The molecule has 0 aliphatic rings. The maximum absolute atomic E-state index is 12.5. The lowest BCUT2D eigenvalue weighted by Crippen LogP contribution is -2.58. The van der Waals surface area contributed by atoms with E-state index in [-0.39, 0.29) is 12.2 Å². The Morgan fingerprint density at radius 1 is 1.03 bits per heavy atom. The molecule has 1 heterocycles. The maximum atomic E-state index is 12.5. The molecule has 4 atom stereocenters. The van der Waals surface area contributed by atoms with Gasteiger partial charge >= 0.3 is 11.9 Å². The van der Waals surface area contributed by atoms with Crippen molar-refractivity contribution in [1.82, 2.24) is 25.9 Å². The summed E-state index contributed by atoms with van der Waals surface area (Å²) < 4.78 is 0. The van der Waals surface area contributed by atoms with E-state index in [4.69, 9.17) is 15.9 Å². The lowest BCUT2D eigenvalue weighted by molar-refractivity contribution is -0.143. The highest BCUT2D eigenvalue weighted by molar-refractivity contribution is 7.80. The van der Waals surface area contributed by atoms with E-state index in [0.717, 1.165) is 0 Å². The first-order chi connectivity index (χ1) is 14.6. The number of rotatable bonds is 13. The van der Waals surface area contributed by atoms with Gasteiger partial charge in [-0.05, 0) is 0 Å². The molecule has 172 valence electrons. The number of nitrogens with one attached hydrogen (secondary N) is 4. The Balaban J connectivity index is 2.84. The number of nitrogens with zero attached hydrogens (tertiary/aromatic N) is 1. The van der Waals surface area contributed by atoms with Crippen LogP contribution >= 0.6 is 12.6 Å². The van der Waals surface area contributed by atoms with Crippen molar-refractivity contribution in [3.63, 3.8) is 0 Å². The van der Waals surface area contributed by atoms with Crippen LogP contribution in [-0.2, 0) is 30.4 Å². The smallest absolute Gasteiger partial charge is 0.326 e. The summed E-state index contributed by atoms with van der Waals surface area (Å²) in [4.78, 5) is 65.6. The predicted octanol–water partition coefficient (Wildman–Crippen LogP) is -3.78. The van der Waals surface area contributed by atoms with Crippen molar-refractivity contribution in [2.24, 2.45) is 5.73 Å². The lowest BCUT2D eigenvalue weighted by Gasteiger charge is -2.23. The number of aliphatic hydroxyl groups excluding tert-OH is 1. The molecule has 1 aromatic rings. The molecule has 15 heteroatoms. The van der Waals surface area contributed by atoms with Crippen molar-refractivity contribution in [1.29, 1.82) is 0 Å². The third-order valence-corrected chi connectivity index (χ3v) is 4.32. The standard InChI is InChI=1S/C16H24N6O8S/c17-8(4-23)13(26)20-9(2-12(24)25)14(27)22-11(5-31)15(28)21-10(16(29)30)1-7-3-18-6-19-7/h3,6,8-11,23,31H,1-2,4-5,17H2,(H,18,19)(H,20,26)(H,21,28)(H,22,27)(H,24,25)(H,29,30). The fourth-order valence-electron chi connectivity index (χ4n) is 2.30. The van der Waals surface area contributed by atoms with Crippen LogP contribution in [0.3, 0.4) is 0 Å². The van der Waals surface area contributed by atoms with E-state index in [0.29, 0.717) is 5.69 Å². The van der Waals surface area contributed by atoms with E-state index in [1.54, 1.807) is 0 Å². The van der Waals surface area contributed by atoms with Crippen molar-refractivity contribution in [3.8, 4) is 0 Å². The second-order valence-corrected chi connectivity index (χ2v) is 6.74. The summed E-state index contributed by atoms with van der Waals surface area (Å²) in [5.74, 6) is -5.89. The summed E-state index contributed by atoms with van der Waals surface area (Å²) in [6, 6.07) is -5.66. The number of hydrogen-bond donors (Lipinski definition) is 9. The largest absolute Gasteiger partial charge is 0.481 e. The number of carboxylic acids is 2. The fraction of sp³-hybridized carbons (Fsp3) is 0.500. The van der Waals surface area contributed by atoms with E-state index < -0.39 is 66.9 Å². The van der Waals surface area contributed by atoms with Crippen LogP contribution in [0.5, 0.6) is 0 Å². The zero-order chi connectivity index (χ0) is 23.6. The highest BCUT2D eigenvalue weighted by Gasteiger charge is 2.31. The molecule has 0 aliphatic heterocycles. The van der Waals surface area contributed by atoms with E-state index in [2.05, 4.69) is 38.5 Å². The SMILES string of the molecule is NC(CO)C(=O)NC(CC(=O)O)C(=O)NC(CS)C(=O)NC(Cc1cnc[nH]1)C(=O)O. The first-order valence-corrected chi connectivity index (χ1v) is 9.52. The Kier molecular flexibility index (Phi) is 10.4. The molecule has 9 N–H and O–H groups in total. The Bertz CT molecular complexity index is 789. The number of amides is 3. The second kappa shape index (κ2) is 12.5. The molecule has 0 saturated heterocycles. The summed E-state index contributed by atoms with van der Waals surface area (Å²) in [6.07, 6.45) is 1.79. The summed E-state index contributed by atoms with van der Waals surface area (Å²) in [6.45, 7) is -0.734. The predicted molar refractivity (Wildman–Crippen MR) is 107 cm³/mol. The van der Waals surface area contributed by atoms with Crippen molar-refractivity contribution < 1.29 is 39.3 Å². The first kappa shape index (κ1) is 25.9. The summed E-state index contributed by atoms with van der Waals surface area (Å²) in [5, 5.41) is 33.7. The van der Waals surface area contributed by atoms with Gasteiger partial charge in [0.25, 0.3) is 0 Å². The quantitative estimate of drug-likeness (QED) is 0.130. The zero-order valence-electron chi connectivity index (χ0n) is 16.1. The molecule has 1 rings (SSSR count). The molecule has 0 radical (unpaired) electrons. The topological polar surface area (TPSA) is 237 Å². The molecular weight excluding hydrogens is 436 g/mol. The van der Waals surface area contributed by atoms with Gasteiger partial charge in [-0.1, -0.05) is 0 Å². The minimum absolute atomic E-state index is 0.106. The Labute approximate surface area is 181 Å². The van der Waals surface area contributed by atoms with Gasteiger partial charge in [0.2, 0.25) is 17.7 Å². The van der Waals surface area contributed by atoms with Crippen molar-refractivity contribution in [3.05, 3.63) is 18.2 Å². The normalized spacial score (nSPS) is 14.5. The van der Waals surface area contributed by atoms with Gasteiger partial charge < -0.3 is 42.0 Å². The number of aliphatic hydroxyl groups is 1. The summed E-state index contributed by atoms with van der Waals surface area (Å²) in [5.41, 5.74) is 5.78. The van der Waals surface area contributed by atoms with Crippen molar-refractivity contribution in [2.45, 2.75) is 37.0 Å². The van der Waals surface area contributed by atoms with Gasteiger partial charge in [0.05, 0.1) is 19.4 Å². The molecule has 0 saturated carbocycles. The molecule has 14 nitrogen and oxygen atoms in total. The molecule has 0 aromatic carbocycles. The number of carboxylic acid groups (broad SMARTS) is 2. The minimum Gasteiger partial charge on any atom is -0.481 e. The Morgan fingerprint density at radius 2 is 1.61 bits per heavy atom. The van der Waals surface area contributed by atoms with Gasteiger partial charge in [-0.2, -0.15) is 12.6 Å². The molecule has 1 aromatic heterocycles. The van der Waals surface area contributed by atoms with Gasteiger partial charge in [-0.15, -0.1) is 0 Å². The monoisotopic (exact) mass is 460 g/mol. The van der Waals surface area contributed by atoms with Crippen molar-refractivity contribution in [2.75, 3.05) is 12.4 Å². The third kappa shape index (κ3) is 8.61. The number of aliphatic carboxylic acids is 2. The van der Waals surface area contributed by atoms with Gasteiger partial charge in [-0.25, -0.2) is 9.78 Å². The second-order valence-electron chi connectivity index (χ2n) is 6.37. The van der Waals surface area contributed by atoms with Crippen LogP contribution < -0.4 is 21.7 Å². The molecule has 0 aliphatic carbocycles. The summed E-state index contributed by atoms with van der Waals surface area (Å²) >= 11 is 3.95. The van der Waals surface area contributed by atoms with Gasteiger partial charge in [0, 0.05) is 24.1 Å². The highest BCUT2D eigenvalue weighted by Crippen LogP contribution is 2.02. The molecule has 0 fully saturated rings. The number of hydrogen-bond acceptors (Lipinski definition) is 9. The minimum atomic E-state index is -1.60. The van der Waals surface area contributed by atoms with Crippen LogP contribution in [0.4, 0.5) is 0 Å². The zero-order valence-corrected chi connectivity index (χ0v) is 17.0. The fourth-order valence-corrected chi connectivity index (χ4v) is 2.56. The Morgan fingerprint density at radius 3 is 2.10 bits per heavy atom. The van der Waals surface area contributed by atoms with E-state index in [1.165, 1.54) is 12.5 Å². The number of aromatic amines is 1. The number of thiol groups is 1. The number of H-pyrrole nitrogens is 1. The van der Waals surface area contributed by atoms with E-state index in [9.17, 15) is 29.1 Å². The van der Waals surface area contributed by atoms with Crippen LogP contribution in [0.2, 0.25) is 0 Å². The molecule has 4 unspecified atom stereocenters. The van der Waals surface area contributed by atoms with Crippen LogP contribution in [0, 0.1) is 0 Å². The van der Waals surface area contributed by atoms with Crippen LogP contribution in [0.15, 0.2) is 12.5 Å². The van der Waals surface area contributed by atoms with E-state index >= 15 is 0 Å². The summed E-state index contributed by atoms with van der Waals surface area (Å²) in [7, 11) is 0. The first-order valence-electron chi connectivity index (χ1n) is 8.89. The third-order valence-electron chi connectivity index (χ3n) is 3.95. The molecule has 3 amide bonds. The van der Waals surface area contributed by atoms with Gasteiger partial charge in [0.15, 0.2) is 0 Å². The number of nitrogens with two attached hydrogens (primary N) is 1. The average molecular weight is 460 g/mol. The molecule has 31 heavy (non-hydrogen) atoms. The van der Waals surface area contributed by atoms with Gasteiger partial charge in [-0.3, -0.25) is 19.2 Å². The lowest BCUT2D eigenvalue weighted by atomic mass is 10.1. The van der Waals surface area contributed by atoms with E-state index in [1.807, 2.05) is 0 Å². The average Bonchev–Trinajstić information content (AvgIpc) is 3.22. The van der Waals surface area contributed by atoms with Crippen LogP contribution in [0.1, 0.15) is 12.1 Å². The molecular formula is C16H24N6O8S.